The monoisotopic (exact) mass is 364 g/mol. The standard InChI is InChI=1S/C19H13ClN4O2/c1-12-17(18(22-26-12)13-7-9-14(20)10-8-13)19(25)16-11-24(23-21-16)15-5-3-2-4-6-15/h2-11H,1H3. The lowest BCUT2D eigenvalue weighted by Crippen LogP contribution is -2.04. The van der Waals surface area contributed by atoms with E-state index in [0.29, 0.717) is 22.0 Å². The third-order valence-corrected chi connectivity index (χ3v) is 4.21. The van der Waals surface area contributed by atoms with Crippen molar-refractivity contribution >= 4 is 17.4 Å². The predicted octanol–water partition coefficient (Wildman–Crippen LogP) is 4.12. The average molecular weight is 365 g/mol. The van der Waals surface area contributed by atoms with Gasteiger partial charge in [0.25, 0.3) is 0 Å². The molecule has 0 atom stereocenters. The van der Waals surface area contributed by atoms with E-state index in [1.54, 1.807) is 42.1 Å². The molecule has 128 valence electrons. The molecule has 0 saturated carbocycles. The van der Waals surface area contributed by atoms with Crippen molar-refractivity contribution in [3.63, 3.8) is 0 Å². The van der Waals surface area contributed by atoms with Crippen LogP contribution in [0.2, 0.25) is 5.02 Å². The first kappa shape index (κ1) is 16.2. The van der Waals surface area contributed by atoms with Gasteiger partial charge in [-0.25, -0.2) is 4.68 Å². The molecular weight excluding hydrogens is 352 g/mol. The van der Waals surface area contributed by atoms with Gasteiger partial charge < -0.3 is 4.52 Å². The van der Waals surface area contributed by atoms with E-state index in [9.17, 15) is 4.79 Å². The number of ketones is 1. The van der Waals surface area contributed by atoms with Gasteiger partial charge in [0.1, 0.15) is 11.5 Å². The molecule has 6 nitrogen and oxygen atoms in total. The number of nitrogens with zero attached hydrogens (tertiary/aromatic N) is 4. The molecular formula is C19H13ClN4O2. The molecule has 0 aliphatic rings. The zero-order chi connectivity index (χ0) is 18.1. The van der Waals surface area contributed by atoms with E-state index in [0.717, 1.165) is 11.3 Å². The molecule has 0 bridgehead atoms. The van der Waals surface area contributed by atoms with E-state index in [-0.39, 0.29) is 11.5 Å². The zero-order valence-corrected chi connectivity index (χ0v) is 14.5. The maximum absolute atomic E-state index is 13.0. The average Bonchev–Trinajstić information content (AvgIpc) is 3.30. The first-order valence-electron chi connectivity index (χ1n) is 7.88. The van der Waals surface area contributed by atoms with Crippen LogP contribution < -0.4 is 0 Å². The molecule has 0 N–H and O–H groups in total. The maximum atomic E-state index is 13.0. The lowest BCUT2D eigenvalue weighted by Gasteiger charge is -2.00. The van der Waals surface area contributed by atoms with Crippen LogP contribution in [0.3, 0.4) is 0 Å². The van der Waals surface area contributed by atoms with Crippen molar-refractivity contribution in [2.45, 2.75) is 6.92 Å². The topological polar surface area (TPSA) is 73.8 Å². The molecule has 0 saturated heterocycles. The highest BCUT2D eigenvalue weighted by Crippen LogP contribution is 2.28. The van der Waals surface area contributed by atoms with Gasteiger partial charge in [0.2, 0.25) is 5.78 Å². The molecule has 7 heteroatoms. The van der Waals surface area contributed by atoms with Crippen LogP contribution in [0.5, 0.6) is 0 Å². The number of hydrogen-bond donors (Lipinski definition) is 0. The summed E-state index contributed by atoms with van der Waals surface area (Å²) in [5, 5.41) is 12.7. The summed E-state index contributed by atoms with van der Waals surface area (Å²) < 4.78 is 6.81. The summed E-state index contributed by atoms with van der Waals surface area (Å²) in [5.74, 6) is 0.130. The summed E-state index contributed by atoms with van der Waals surface area (Å²) in [6.07, 6.45) is 1.59. The SMILES string of the molecule is Cc1onc(-c2ccc(Cl)cc2)c1C(=O)c1cn(-c2ccccc2)nn1. The number of halogens is 1. The highest BCUT2D eigenvalue weighted by Gasteiger charge is 2.25. The van der Waals surface area contributed by atoms with Crippen molar-refractivity contribution in [2.24, 2.45) is 0 Å². The zero-order valence-electron chi connectivity index (χ0n) is 13.8. The number of hydrogen-bond acceptors (Lipinski definition) is 5. The van der Waals surface area contributed by atoms with Gasteiger partial charge in [0.05, 0.1) is 17.4 Å². The number of aryl methyl sites for hydroxylation is 1. The number of rotatable bonds is 4. The lowest BCUT2D eigenvalue weighted by atomic mass is 10.0. The fourth-order valence-corrected chi connectivity index (χ4v) is 2.77. The van der Waals surface area contributed by atoms with E-state index in [2.05, 4.69) is 15.5 Å². The second-order valence-corrected chi connectivity index (χ2v) is 6.12. The Morgan fingerprint density at radius 1 is 1.08 bits per heavy atom. The molecule has 2 heterocycles. The van der Waals surface area contributed by atoms with Gasteiger partial charge in [0.15, 0.2) is 5.69 Å². The van der Waals surface area contributed by atoms with Crippen molar-refractivity contribution in [1.29, 1.82) is 0 Å². The molecule has 0 radical (unpaired) electrons. The minimum absolute atomic E-state index is 0.218. The Bertz CT molecular complexity index is 1070. The van der Waals surface area contributed by atoms with Gasteiger partial charge in [-0.1, -0.05) is 52.3 Å². The Kier molecular flexibility index (Phi) is 4.10. The van der Waals surface area contributed by atoms with E-state index in [4.69, 9.17) is 16.1 Å². The minimum atomic E-state index is -0.295. The summed E-state index contributed by atoms with van der Waals surface area (Å²) in [4.78, 5) is 13.0. The fourth-order valence-electron chi connectivity index (χ4n) is 2.65. The van der Waals surface area contributed by atoms with Crippen molar-refractivity contribution in [1.82, 2.24) is 20.2 Å². The summed E-state index contributed by atoms with van der Waals surface area (Å²) in [5.41, 5.74) is 2.60. The minimum Gasteiger partial charge on any atom is -0.360 e. The Hall–Kier alpha value is -3.25. The van der Waals surface area contributed by atoms with Crippen LogP contribution in [0, 0.1) is 6.92 Å². The molecule has 2 aromatic heterocycles. The van der Waals surface area contributed by atoms with E-state index in [1.807, 2.05) is 30.3 Å². The first-order valence-corrected chi connectivity index (χ1v) is 8.26. The smallest absolute Gasteiger partial charge is 0.220 e. The Balaban J connectivity index is 1.73. The van der Waals surface area contributed by atoms with Gasteiger partial charge >= 0.3 is 0 Å². The van der Waals surface area contributed by atoms with Crippen molar-refractivity contribution in [3.05, 3.63) is 82.8 Å². The summed E-state index contributed by atoms with van der Waals surface area (Å²) in [7, 11) is 0. The van der Waals surface area contributed by atoms with Gasteiger partial charge in [-0.15, -0.1) is 5.10 Å². The van der Waals surface area contributed by atoms with Crippen LogP contribution in [0.4, 0.5) is 0 Å². The molecule has 4 aromatic rings. The van der Waals surface area contributed by atoms with E-state index >= 15 is 0 Å². The van der Waals surface area contributed by atoms with Crippen molar-refractivity contribution < 1.29 is 9.32 Å². The number of carbonyl (C=O) groups excluding carboxylic acids is 1. The van der Waals surface area contributed by atoms with Gasteiger partial charge in [-0.2, -0.15) is 0 Å². The molecule has 4 rings (SSSR count). The van der Waals surface area contributed by atoms with Crippen LogP contribution in [-0.4, -0.2) is 25.9 Å². The summed E-state index contributed by atoms with van der Waals surface area (Å²) in [6.45, 7) is 1.70. The summed E-state index contributed by atoms with van der Waals surface area (Å²) >= 11 is 5.93. The molecule has 0 unspecified atom stereocenters. The number of aromatic nitrogens is 4. The number of benzene rings is 2. The van der Waals surface area contributed by atoms with Crippen LogP contribution in [0.25, 0.3) is 16.9 Å². The van der Waals surface area contributed by atoms with Crippen LogP contribution >= 0.6 is 11.6 Å². The van der Waals surface area contributed by atoms with E-state index in [1.165, 1.54) is 0 Å². The highest BCUT2D eigenvalue weighted by molar-refractivity contribution is 6.30. The van der Waals surface area contributed by atoms with Crippen molar-refractivity contribution in [3.8, 4) is 16.9 Å². The lowest BCUT2D eigenvalue weighted by molar-refractivity contribution is 0.103. The Morgan fingerprint density at radius 3 is 2.54 bits per heavy atom. The molecule has 0 fully saturated rings. The second-order valence-electron chi connectivity index (χ2n) is 5.68. The highest BCUT2D eigenvalue weighted by atomic mass is 35.5. The third-order valence-electron chi connectivity index (χ3n) is 3.95. The van der Waals surface area contributed by atoms with Crippen LogP contribution in [0.15, 0.2) is 65.3 Å². The molecule has 0 aliphatic carbocycles. The molecule has 26 heavy (non-hydrogen) atoms. The summed E-state index contributed by atoms with van der Waals surface area (Å²) in [6, 6.07) is 16.5. The fraction of sp³-hybridized carbons (Fsp3) is 0.0526. The second kappa shape index (κ2) is 6.57. The van der Waals surface area contributed by atoms with Crippen molar-refractivity contribution in [2.75, 3.05) is 0 Å². The largest absolute Gasteiger partial charge is 0.360 e. The number of para-hydroxylation sites is 1. The van der Waals surface area contributed by atoms with E-state index < -0.39 is 0 Å². The van der Waals surface area contributed by atoms with Gasteiger partial charge in [-0.3, -0.25) is 4.79 Å². The molecule has 0 aliphatic heterocycles. The maximum Gasteiger partial charge on any atom is 0.220 e. The Labute approximate surface area is 154 Å². The van der Waals surface area contributed by atoms with Crippen LogP contribution in [0.1, 0.15) is 21.8 Å². The normalized spacial score (nSPS) is 10.8. The van der Waals surface area contributed by atoms with Crippen LogP contribution in [-0.2, 0) is 0 Å². The first-order chi connectivity index (χ1) is 12.6. The van der Waals surface area contributed by atoms with Gasteiger partial charge in [0, 0.05) is 10.6 Å². The Morgan fingerprint density at radius 2 is 1.81 bits per heavy atom. The molecule has 0 amide bonds. The quantitative estimate of drug-likeness (QED) is 0.509. The van der Waals surface area contributed by atoms with Gasteiger partial charge in [-0.05, 0) is 31.2 Å². The molecule has 0 spiro atoms. The third kappa shape index (κ3) is 2.91. The predicted molar refractivity (Wildman–Crippen MR) is 96.5 cm³/mol. The number of carbonyl (C=O) groups is 1. The molecule has 2 aromatic carbocycles.